The first kappa shape index (κ1) is 22.1. The Morgan fingerprint density at radius 3 is 2.22 bits per heavy atom. The number of hydrogen-bond acceptors (Lipinski definition) is 3. The topological polar surface area (TPSA) is 55.4 Å². The number of amides is 1. The highest BCUT2D eigenvalue weighted by molar-refractivity contribution is 6.02. The molecule has 4 rings (SSSR count). The van der Waals surface area contributed by atoms with Crippen molar-refractivity contribution >= 4 is 11.7 Å². The number of ether oxygens (including phenoxy) is 1. The largest absolute Gasteiger partial charge is 0.494 e. The van der Waals surface area contributed by atoms with Crippen LogP contribution in [0.3, 0.4) is 0 Å². The summed E-state index contributed by atoms with van der Waals surface area (Å²) in [5.41, 5.74) is 1.88. The van der Waals surface area contributed by atoms with Gasteiger partial charge in [0.15, 0.2) is 5.78 Å². The van der Waals surface area contributed by atoms with Crippen molar-refractivity contribution in [2.75, 3.05) is 6.61 Å². The zero-order valence-corrected chi connectivity index (χ0v) is 17.7. The fraction of sp³-hybridized carbons (Fsp3) is 0.360. The van der Waals surface area contributed by atoms with Crippen LogP contribution in [0.15, 0.2) is 59.8 Å². The predicted octanol–water partition coefficient (Wildman–Crippen LogP) is 5.50. The second kappa shape index (κ2) is 8.81. The Balaban J connectivity index is 1.59. The van der Waals surface area contributed by atoms with Crippen LogP contribution in [-0.4, -0.2) is 18.3 Å². The maximum absolute atomic E-state index is 13.1. The van der Waals surface area contributed by atoms with Crippen molar-refractivity contribution in [3.8, 4) is 5.75 Å². The van der Waals surface area contributed by atoms with Crippen molar-refractivity contribution in [2.45, 2.75) is 50.6 Å². The SMILES string of the molecule is CCCOc1ccc(C2CC(=O)C3=C(C2)NC(=O)CC3c2ccc(C(F)(F)F)cc2)cc1. The molecular weight excluding hydrogens is 419 g/mol. The lowest BCUT2D eigenvalue weighted by molar-refractivity contribution is -0.137. The van der Waals surface area contributed by atoms with Crippen LogP contribution in [0.5, 0.6) is 5.75 Å². The summed E-state index contributed by atoms with van der Waals surface area (Å²) in [6.07, 6.45) is -2.68. The zero-order chi connectivity index (χ0) is 22.9. The smallest absolute Gasteiger partial charge is 0.416 e. The highest BCUT2D eigenvalue weighted by Gasteiger charge is 2.38. The minimum absolute atomic E-state index is 0.0457. The molecule has 0 radical (unpaired) electrons. The summed E-state index contributed by atoms with van der Waals surface area (Å²) in [7, 11) is 0. The molecule has 4 nitrogen and oxygen atoms in total. The third-order valence-corrected chi connectivity index (χ3v) is 6.00. The molecule has 0 spiro atoms. The number of ketones is 1. The Kier molecular flexibility index (Phi) is 6.09. The first-order valence-corrected chi connectivity index (χ1v) is 10.7. The monoisotopic (exact) mass is 443 g/mol. The maximum atomic E-state index is 13.1. The summed E-state index contributed by atoms with van der Waals surface area (Å²) in [5.74, 6) is -0.142. The second-order valence-electron chi connectivity index (χ2n) is 8.26. The quantitative estimate of drug-likeness (QED) is 0.664. The van der Waals surface area contributed by atoms with Gasteiger partial charge in [0, 0.05) is 30.0 Å². The van der Waals surface area contributed by atoms with E-state index in [0.717, 1.165) is 29.9 Å². The molecule has 0 aromatic heterocycles. The number of nitrogens with one attached hydrogen (secondary N) is 1. The van der Waals surface area contributed by atoms with E-state index in [4.69, 9.17) is 4.74 Å². The summed E-state index contributed by atoms with van der Waals surface area (Å²) < 4.78 is 44.3. The van der Waals surface area contributed by atoms with Gasteiger partial charge in [-0.25, -0.2) is 0 Å². The van der Waals surface area contributed by atoms with Gasteiger partial charge in [-0.15, -0.1) is 0 Å². The van der Waals surface area contributed by atoms with Gasteiger partial charge in [0.25, 0.3) is 0 Å². The summed E-state index contributed by atoms with van der Waals surface area (Å²) in [5, 5.41) is 2.84. The van der Waals surface area contributed by atoms with Crippen LogP contribution in [0, 0.1) is 0 Å². The van der Waals surface area contributed by atoms with E-state index < -0.39 is 17.7 Å². The van der Waals surface area contributed by atoms with Crippen molar-refractivity contribution in [1.82, 2.24) is 5.32 Å². The van der Waals surface area contributed by atoms with Gasteiger partial charge in [-0.2, -0.15) is 13.2 Å². The van der Waals surface area contributed by atoms with Crippen molar-refractivity contribution in [2.24, 2.45) is 0 Å². The highest BCUT2D eigenvalue weighted by Crippen LogP contribution is 2.43. The Bertz CT molecular complexity index is 1040. The number of carbonyl (C=O) groups is 2. The van der Waals surface area contributed by atoms with Crippen LogP contribution in [0.25, 0.3) is 0 Å². The lowest BCUT2D eigenvalue weighted by Crippen LogP contribution is -2.38. The van der Waals surface area contributed by atoms with E-state index in [1.807, 2.05) is 31.2 Å². The van der Waals surface area contributed by atoms with Crippen molar-refractivity contribution in [3.63, 3.8) is 0 Å². The average molecular weight is 443 g/mol. The Morgan fingerprint density at radius 2 is 1.59 bits per heavy atom. The molecule has 2 aliphatic rings. The molecule has 0 saturated carbocycles. The second-order valence-corrected chi connectivity index (χ2v) is 8.26. The highest BCUT2D eigenvalue weighted by atomic mass is 19.4. The number of halogens is 3. The number of Topliss-reactive ketones (excluding diaryl/α,β-unsaturated/α-hetero) is 1. The van der Waals surface area contributed by atoms with Crippen LogP contribution >= 0.6 is 0 Å². The number of benzene rings is 2. The van der Waals surface area contributed by atoms with Crippen molar-refractivity contribution < 1.29 is 27.5 Å². The van der Waals surface area contributed by atoms with Gasteiger partial charge < -0.3 is 10.1 Å². The molecule has 0 bridgehead atoms. The first-order valence-electron chi connectivity index (χ1n) is 10.7. The molecule has 1 heterocycles. The third kappa shape index (κ3) is 4.56. The van der Waals surface area contributed by atoms with Gasteiger partial charge in [-0.1, -0.05) is 31.2 Å². The summed E-state index contributed by atoms with van der Waals surface area (Å²) in [6, 6.07) is 12.4. The molecule has 1 N–H and O–H groups in total. The van der Waals surface area contributed by atoms with E-state index in [0.29, 0.717) is 36.3 Å². The molecular formula is C25H24F3NO3. The van der Waals surface area contributed by atoms with Crippen LogP contribution in [0.2, 0.25) is 0 Å². The molecule has 2 aromatic carbocycles. The lowest BCUT2D eigenvalue weighted by atomic mass is 9.73. The van der Waals surface area contributed by atoms with Crippen LogP contribution in [-0.2, 0) is 15.8 Å². The normalized spacial score (nSPS) is 21.2. The molecule has 0 fully saturated rings. The van der Waals surface area contributed by atoms with Gasteiger partial charge in [0.05, 0.1) is 12.2 Å². The van der Waals surface area contributed by atoms with Crippen LogP contribution < -0.4 is 10.1 Å². The van der Waals surface area contributed by atoms with E-state index in [1.54, 1.807) is 0 Å². The zero-order valence-electron chi connectivity index (χ0n) is 17.7. The van der Waals surface area contributed by atoms with Crippen molar-refractivity contribution in [1.29, 1.82) is 0 Å². The summed E-state index contributed by atoms with van der Waals surface area (Å²) in [4.78, 5) is 25.5. The minimum Gasteiger partial charge on any atom is -0.494 e. The van der Waals surface area contributed by atoms with Gasteiger partial charge in [0.1, 0.15) is 5.75 Å². The molecule has 2 unspecified atom stereocenters. The van der Waals surface area contributed by atoms with E-state index in [1.165, 1.54) is 12.1 Å². The van der Waals surface area contributed by atoms with E-state index in [-0.39, 0.29) is 24.0 Å². The fourth-order valence-corrected chi connectivity index (χ4v) is 4.44. The molecule has 168 valence electrons. The van der Waals surface area contributed by atoms with Gasteiger partial charge >= 0.3 is 6.18 Å². The number of hydrogen-bond donors (Lipinski definition) is 1. The van der Waals surface area contributed by atoms with E-state index in [9.17, 15) is 22.8 Å². The minimum atomic E-state index is -4.43. The van der Waals surface area contributed by atoms with Crippen LogP contribution in [0.1, 0.15) is 61.1 Å². The molecule has 2 atom stereocenters. The number of alkyl halides is 3. The van der Waals surface area contributed by atoms with Crippen molar-refractivity contribution in [3.05, 3.63) is 76.5 Å². The standard InChI is InChI=1S/C25H24F3NO3/c1-2-11-32-19-9-5-15(6-10-19)17-12-21-24(22(30)13-17)20(14-23(31)29-21)16-3-7-18(8-4-16)25(26,27)28/h3-10,17,20H,2,11-14H2,1H3,(H,29,31). The predicted molar refractivity (Wildman–Crippen MR) is 113 cm³/mol. The third-order valence-electron chi connectivity index (χ3n) is 6.00. The van der Waals surface area contributed by atoms with Gasteiger partial charge in [0.2, 0.25) is 5.91 Å². The summed E-state index contributed by atoms with van der Waals surface area (Å²) in [6.45, 7) is 2.67. The summed E-state index contributed by atoms with van der Waals surface area (Å²) >= 11 is 0. The lowest BCUT2D eigenvalue weighted by Gasteiger charge is -2.34. The number of carbonyl (C=O) groups excluding carboxylic acids is 2. The molecule has 7 heteroatoms. The Hall–Kier alpha value is -3.09. The molecule has 0 saturated heterocycles. The first-order chi connectivity index (χ1) is 15.3. The molecule has 1 aliphatic carbocycles. The number of rotatable bonds is 5. The average Bonchev–Trinajstić information content (AvgIpc) is 2.76. The number of allylic oxidation sites excluding steroid dienone is 2. The molecule has 2 aromatic rings. The van der Waals surface area contributed by atoms with Gasteiger partial charge in [-0.3, -0.25) is 9.59 Å². The molecule has 1 aliphatic heterocycles. The Labute approximate surface area is 184 Å². The maximum Gasteiger partial charge on any atom is 0.416 e. The van der Waals surface area contributed by atoms with E-state index in [2.05, 4.69) is 5.32 Å². The molecule has 32 heavy (non-hydrogen) atoms. The Morgan fingerprint density at radius 1 is 0.938 bits per heavy atom. The molecule has 1 amide bonds. The van der Waals surface area contributed by atoms with Crippen LogP contribution in [0.4, 0.5) is 13.2 Å². The fourth-order valence-electron chi connectivity index (χ4n) is 4.44. The van der Waals surface area contributed by atoms with Gasteiger partial charge in [-0.05, 0) is 54.2 Å². The van der Waals surface area contributed by atoms with E-state index >= 15 is 0 Å².